The normalized spacial score (nSPS) is 10.2. The third-order valence-corrected chi connectivity index (χ3v) is 3.37. The first-order valence-electron chi connectivity index (χ1n) is 4.62. The molecule has 0 atom stereocenters. The molecule has 0 N–H and O–H groups in total. The molecule has 0 amide bonds. The number of ketones is 1. The van der Waals surface area contributed by atoms with Gasteiger partial charge in [0.05, 0.1) is 14.1 Å². The van der Waals surface area contributed by atoms with Crippen LogP contribution in [0.1, 0.15) is 15.2 Å². The molecule has 0 fully saturated rings. The van der Waals surface area contributed by atoms with E-state index in [4.69, 9.17) is 11.6 Å². The van der Waals surface area contributed by atoms with Crippen molar-refractivity contribution in [2.75, 3.05) is 0 Å². The maximum absolute atomic E-state index is 11.9. The summed E-state index contributed by atoms with van der Waals surface area (Å²) in [6.07, 6.45) is 0. The molecule has 4 nitrogen and oxygen atoms in total. The zero-order chi connectivity index (χ0) is 12.4. The molecule has 2 rings (SSSR count). The van der Waals surface area contributed by atoms with E-state index in [0.717, 1.165) is 0 Å². The molecule has 0 spiro atoms. The number of hydrogen-bond donors (Lipinski definition) is 0. The van der Waals surface area contributed by atoms with E-state index in [2.05, 4.69) is 0 Å². The summed E-state index contributed by atoms with van der Waals surface area (Å²) in [5.74, 6) is -0.184. The molecule has 0 radical (unpaired) electrons. The Balaban J connectivity index is 2.29. The SMILES string of the molecule is O=C(c1ccc([N+](=O)[O-])cc1)c1ccc(Cl)s1. The van der Waals surface area contributed by atoms with E-state index in [9.17, 15) is 14.9 Å². The molecule has 0 aliphatic rings. The Kier molecular flexibility index (Phi) is 3.21. The Morgan fingerprint density at radius 3 is 2.29 bits per heavy atom. The molecular weight excluding hydrogens is 262 g/mol. The van der Waals surface area contributed by atoms with Gasteiger partial charge in [-0.3, -0.25) is 14.9 Å². The number of nitro benzene ring substituents is 1. The second-order valence-electron chi connectivity index (χ2n) is 3.24. The van der Waals surface area contributed by atoms with Crippen molar-refractivity contribution in [1.29, 1.82) is 0 Å². The lowest BCUT2D eigenvalue weighted by molar-refractivity contribution is -0.384. The van der Waals surface area contributed by atoms with Crippen LogP contribution in [-0.2, 0) is 0 Å². The number of hydrogen-bond acceptors (Lipinski definition) is 4. The highest BCUT2D eigenvalue weighted by atomic mass is 35.5. The number of carbonyl (C=O) groups excluding carboxylic acids is 1. The third kappa shape index (κ3) is 2.51. The molecule has 0 unspecified atom stereocenters. The summed E-state index contributed by atoms with van der Waals surface area (Å²) in [5.41, 5.74) is 0.375. The topological polar surface area (TPSA) is 60.2 Å². The first-order valence-corrected chi connectivity index (χ1v) is 5.82. The van der Waals surface area contributed by atoms with Gasteiger partial charge in [0.1, 0.15) is 0 Å². The predicted octanol–water partition coefficient (Wildman–Crippen LogP) is 3.54. The summed E-state index contributed by atoms with van der Waals surface area (Å²) in [5, 5.41) is 10.5. The van der Waals surface area contributed by atoms with Gasteiger partial charge in [-0.15, -0.1) is 11.3 Å². The van der Waals surface area contributed by atoms with E-state index < -0.39 is 4.92 Å². The third-order valence-electron chi connectivity index (χ3n) is 2.14. The molecule has 0 saturated carbocycles. The lowest BCUT2D eigenvalue weighted by Crippen LogP contribution is -1.98. The van der Waals surface area contributed by atoms with Crippen LogP contribution in [0.5, 0.6) is 0 Å². The fourth-order valence-electron chi connectivity index (χ4n) is 1.31. The van der Waals surface area contributed by atoms with E-state index in [-0.39, 0.29) is 11.5 Å². The quantitative estimate of drug-likeness (QED) is 0.485. The van der Waals surface area contributed by atoms with Gasteiger partial charge in [0.15, 0.2) is 0 Å². The average Bonchev–Trinajstić information content (AvgIpc) is 2.75. The van der Waals surface area contributed by atoms with Crippen LogP contribution in [0.2, 0.25) is 4.34 Å². The van der Waals surface area contributed by atoms with Crippen molar-refractivity contribution in [2.24, 2.45) is 0 Å². The van der Waals surface area contributed by atoms with Gasteiger partial charge < -0.3 is 0 Å². The minimum absolute atomic E-state index is 0.0363. The second kappa shape index (κ2) is 4.65. The zero-order valence-corrected chi connectivity index (χ0v) is 9.99. The van der Waals surface area contributed by atoms with E-state index in [1.54, 1.807) is 12.1 Å². The fourth-order valence-corrected chi connectivity index (χ4v) is 2.32. The highest BCUT2D eigenvalue weighted by molar-refractivity contribution is 7.18. The first kappa shape index (κ1) is 11.8. The number of carbonyl (C=O) groups is 1. The predicted molar refractivity (Wildman–Crippen MR) is 65.9 cm³/mol. The largest absolute Gasteiger partial charge is 0.288 e. The number of nitrogens with zero attached hydrogens (tertiary/aromatic N) is 1. The van der Waals surface area contributed by atoms with Gasteiger partial charge >= 0.3 is 0 Å². The van der Waals surface area contributed by atoms with Crippen molar-refractivity contribution in [3.63, 3.8) is 0 Å². The molecule has 17 heavy (non-hydrogen) atoms. The number of halogens is 1. The van der Waals surface area contributed by atoms with Gasteiger partial charge in [0.2, 0.25) is 5.78 Å². The highest BCUT2D eigenvalue weighted by Crippen LogP contribution is 2.24. The summed E-state index contributed by atoms with van der Waals surface area (Å²) in [7, 11) is 0. The molecule has 0 bridgehead atoms. The van der Waals surface area contributed by atoms with Crippen LogP contribution in [0, 0.1) is 10.1 Å². The van der Waals surface area contributed by atoms with Crippen molar-refractivity contribution in [3.05, 3.63) is 61.3 Å². The van der Waals surface area contributed by atoms with E-state index in [1.165, 1.54) is 35.6 Å². The molecule has 0 aliphatic carbocycles. The Bertz CT molecular complexity index is 577. The minimum atomic E-state index is -0.504. The molecule has 0 saturated heterocycles. The van der Waals surface area contributed by atoms with Gasteiger partial charge in [0.25, 0.3) is 5.69 Å². The van der Waals surface area contributed by atoms with Gasteiger partial charge in [0, 0.05) is 17.7 Å². The summed E-state index contributed by atoms with van der Waals surface area (Å²) in [6, 6.07) is 8.77. The lowest BCUT2D eigenvalue weighted by Gasteiger charge is -1.97. The van der Waals surface area contributed by atoms with Gasteiger partial charge in [-0.25, -0.2) is 0 Å². The summed E-state index contributed by atoms with van der Waals surface area (Å²) >= 11 is 6.92. The molecule has 6 heteroatoms. The van der Waals surface area contributed by atoms with Crippen molar-refractivity contribution in [1.82, 2.24) is 0 Å². The first-order chi connectivity index (χ1) is 8.08. The van der Waals surface area contributed by atoms with E-state index in [1.807, 2.05) is 0 Å². The van der Waals surface area contributed by atoms with Crippen LogP contribution in [0.25, 0.3) is 0 Å². The second-order valence-corrected chi connectivity index (χ2v) is 4.95. The summed E-state index contributed by atoms with van der Waals surface area (Å²) in [4.78, 5) is 22.4. The average molecular weight is 268 g/mol. The lowest BCUT2D eigenvalue weighted by atomic mass is 10.1. The molecule has 1 aromatic heterocycles. The van der Waals surface area contributed by atoms with Crippen LogP contribution in [0.4, 0.5) is 5.69 Å². The molecule has 0 aliphatic heterocycles. The van der Waals surface area contributed by atoms with Crippen LogP contribution in [0.15, 0.2) is 36.4 Å². The Hall–Kier alpha value is -1.72. The van der Waals surface area contributed by atoms with Crippen molar-refractivity contribution >= 4 is 34.4 Å². The number of thiophene rings is 1. The fraction of sp³-hybridized carbons (Fsp3) is 0. The van der Waals surface area contributed by atoms with Gasteiger partial charge in [-0.2, -0.15) is 0 Å². The Morgan fingerprint density at radius 2 is 1.82 bits per heavy atom. The van der Waals surface area contributed by atoms with Crippen LogP contribution in [0.3, 0.4) is 0 Å². The maximum atomic E-state index is 11.9. The Morgan fingerprint density at radius 1 is 1.18 bits per heavy atom. The minimum Gasteiger partial charge on any atom is -0.288 e. The van der Waals surface area contributed by atoms with Crippen molar-refractivity contribution in [2.45, 2.75) is 0 Å². The standard InChI is InChI=1S/C11H6ClNO3S/c12-10-6-5-9(17-10)11(14)7-1-3-8(4-2-7)13(15)16/h1-6H. The maximum Gasteiger partial charge on any atom is 0.269 e. The van der Waals surface area contributed by atoms with Crippen LogP contribution >= 0.6 is 22.9 Å². The molecule has 1 heterocycles. The van der Waals surface area contributed by atoms with Crippen molar-refractivity contribution in [3.8, 4) is 0 Å². The summed E-state index contributed by atoms with van der Waals surface area (Å²) in [6.45, 7) is 0. The smallest absolute Gasteiger partial charge is 0.269 e. The van der Waals surface area contributed by atoms with E-state index >= 15 is 0 Å². The summed E-state index contributed by atoms with van der Waals surface area (Å²) < 4.78 is 0.537. The number of benzene rings is 1. The van der Waals surface area contributed by atoms with Gasteiger partial charge in [-0.05, 0) is 24.3 Å². The van der Waals surface area contributed by atoms with Crippen LogP contribution in [-0.4, -0.2) is 10.7 Å². The Labute approximate surface area is 106 Å². The molecule has 2 aromatic rings. The van der Waals surface area contributed by atoms with E-state index in [0.29, 0.717) is 14.8 Å². The molecule has 1 aromatic carbocycles. The highest BCUT2D eigenvalue weighted by Gasteiger charge is 2.13. The number of rotatable bonds is 3. The molecule has 86 valence electrons. The number of non-ortho nitro benzene ring substituents is 1. The monoisotopic (exact) mass is 267 g/mol. The zero-order valence-electron chi connectivity index (χ0n) is 8.42. The van der Waals surface area contributed by atoms with Crippen molar-refractivity contribution < 1.29 is 9.72 Å². The van der Waals surface area contributed by atoms with Gasteiger partial charge in [-0.1, -0.05) is 11.6 Å². The number of nitro groups is 1. The molecular formula is C11H6ClNO3S. The van der Waals surface area contributed by atoms with Crippen LogP contribution < -0.4 is 0 Å².